The summed E-state index contributed by atoms with van der Waals surface area (Å²) in [4.78, 5) is 14.7. The van der Waals surface area contributed by atoms with Gasteiger partial charge >= 0.3 is 0 Å². The third-order valence-electron chi connectivity index (χ3n) is 5.34. The van der Waals surface area contributed by atoms with Gasteiger partial charge in [0.25, 0.3) is 0 Å². The number of amides is 1. The molecule has 0 aliphatic carbocycles. The first-order valence-electron chi connectivity index (χ1n) is 9.33. The summed E-state index contributed by atoms with van der Waals surface area (Å²) in [5.41, 5.74) is 1.07. The van der Waals surface area contributed by atoms with Gasteiger partial charge in [-0.3, -0.25) is 4.79 Å². The monoisotopic (exact) mass is 347 g/mol. The normalized spacial score (nSPS) is 25.0. The summed E-state index contributed by atoms with van der Waals surface area (Å²) in [6.07, 6.45) is 3.96. The van der Waals surface area contributed by atoms with E-state index in [0.29, 0.717) is 6.61 Å². The Labute approximate surface area is 150 Å². The molecule has 3 rings (SSSR count). The van der Waals surface area contributed by atoms with Crippen LogP contribution in [-0.4, -0.2) is 49.8 Å². The van der Waals surface area contributed by atoms with Gasteiger partial charge in [-0.15, -0.1) is 0 Å². The molecule has 1 aromatic rings. The molecule has 2 aliphatic heterocycles. The Balaban J connectivity index is 1.46. The van der Waals surface area contributed by atoms with Crippen LogP contribution in [0.3, 0.4) is 0 Å². The van der Waals surface area contributed by atoms with Gasteiger partial charge in [0.1, 0.15) is 5.75 Å². The fraction of sp³-hybridized carbons (Fsp3) is 0.650. The number of benzene rings is 1. The number of para-hydroxylation sites is 1. The summed E-state index contributed by atoms with van der Waals surface area (Å²) in [6.45, 7) is 4.90. The van der Waals surface area contributed by atoms with Crippen LogP contribution in [0.25, 0.3) is 0 Å². The number of ether oxygens (including phenoxy) is 3. The third-order valence-corrected chi connectivity index (χ3v) is 5.34. The molecule has 2 aliphatic rings. The molecule has 0 radical (unpaired) electrons. The highest BCUT2D eigenvalue weighted by Crippen LogP contribution is 2.26. The van der Waals surface area contributed by atoms with Gasteiger partial charge in [0.05, 0.1) is 31.8 Å². The maximum atomic E-state index is 12.7. The summed E-state index contributed by atoms with van der Waals surface area (Å²) >= 11 is 0. The van der Waals surface area contributed by atoms with E-state index < -0.39 is 0 Å². The molecule has 25 heavy (non-hydrogen) atoms. The quantitative estimate of drug-likeness (QED) is 0.821. The fourth-order valence-corrected chi connectivity index (χ4v) is 3.75. The van der Waals surface area contributed by atoms with E-state index in [1.807, 2.05) is 36.1 Å². The molecule has 1 amide bonds. The lowest BCUT2D eigenvalue weighted by Gasteiger charge is -2.37. The molecule has 2 fully saturated rings. The predicted molar refractivity (Wildman–Crippen MR) is 95.5 cm³/mol. The van der Waals surface area contributed by atoms with Crippen molar-refractivity contribution in [3.63, 3.8) is 0 Å². The zero-order valence-electron chi connectivity index (χ0n) is 15.3. The van der Waals surface area contributed by atoms with Crippen molar-refractivity contribution in [2.75, 3.05) is 26.8 Å². The third kappa shape index (κ3) is 4.53. The minimum atomic E-state index is 0.0276. The van der Waals surface area contributed by atoms with Gasteiger partial charge in [-0.1, -0.05) is 18.2 Å². The lowest BCUT2D eigenvalue weighted by molar-refractivity contribution is -0.146. The van der Waals surface area contributed by atoms with Gasteiger partial charge in [0, 0.05) is 25.3 Å². The Hall–Kier alpha value is -1.59. The van der Waals surface area contributed by atoms with E-state index in [1.165, 1.54) is 0 Å². The fourth-order valence-electron chi connectivity index (χ4n) is 3.75. The van der Waals surface area contributed by atoms with E-state index in [0.717, 1.165) is 56.7 Å². The van der Waals surface area contributed by atoms with Gasteiger partial charge in [-0.05, 0) is 38.7 Å². The van der Waals surface area contributed by atoms with Gasteiger partial charge < -0.3 is 19.1 Å². The number of rotatable bonds is 5. The summed E-state index contributed by atoms with van der Waals surface area (Å²) < 4.78 is 17.1. The minimum absolute atomic E-state index is 0.0276. The molecule has 0 saturated carbocycles. The maximum absolute atomic E-state index is 12.7. The topological polar surface area (TPSA) is 48.0 Å². The van der Waals surface area contributed by atoms with E-state index in [-0.39, 0.29) is 24.0 Å². The van der Waals surface area contributed by atoms with Crippen LogP contribution in [-0.2, 0) is 20.9 Å². The molecule has 0 N–H and O–H groups in total. The molecule has 2 heterocycles. The number of likely N-dealkylation sites (tertiary alicyclic amines) is 1. The van der Waals surface area contributed by atoms with Gasteiger partial charge in [0.15, 0.2) is 0 Å². The molecule has 138 valence electrons. The Morgan fingerprint density at radius 1 is 1.24 bits per heavy atom. The SMILES string of the molecule is COc1ccccc1COC1CCN(C(=O)[C@@H]2CCCO[C@@H]2C)CC1. The van der Waals surface area contributed by atoms with Crippen molar-refractivity contribution in [2.45, 2.75) is 51.4 Å². The Bertz CT molecular complexity index is 569. The molecular formula is C20H29NO4. The second kappa shape index (κ2) is 8.68. The number of methoxy groups -OCH3 is 1. The summed E-state index contributed by atoms with van der Waals surface area (Å²) in [5.74, 6) is 1.15. The van der Waals surface area contributed by atoms with Crippen molar-refractivity contribution in [2.24, 2.45) is 5.92 Å². The average molecular weight is 347 g/mol. The van der Waals surface area contributed by atoms with Crippen molar-refractivity contribution >= 4 is 5.91 Å². The molecule has 2 saturated heterocycles. The lowest BCUT2D eigenvalue weighted by atomic mass is 9.93. The van der Waals surface area contributed by atoms with Crippen molar-refractivity contribution in [3.05, 3.63) is 29.8 Å². The maximum Gasteiger partial charge on any atom is 0.228 e. The highest BCUT2D eigenvalue weighted by Gasteiger charge is 2.33. The van der Waals surface area contributed by atoms with Crippen molar-refractivity contribution in [3.8, 4) is 5.75 Å². The molecular weight excluding hydrogens is 318 g/mol. The van der Waals surface area contributed by atoms with E-state index in [2.05, 4.69) is 0 Å². The molecule has 5 nitrogen and oxygen atoms in total. The van der Waals surface area contributed by atoms with Crippen LogP contribution in [0.4, 0.5) is 0 Å². The summed E-state index contributed by atoms with van der Waals surface area (Å²) in [7, 11) is 1.68. The first-order valence-corrected chi connectivity index (χ1v) is 9.33. The zero-order valence-corrected chi connectivity index (χ0v) is 15.3. The van der Waals surface area contributed by atoms with E-state index >= 15 is 0 Å². The largest absolute Gasteiger partial charge is 0.496 e. The number of piperidine rings is 1. The van der Waals surface area contributed by atoms with E-state index in [4.69, 9.17) is 14.2 Å². The van der Waals surface area contributed by atoms with Crippen LogP contribution in [0.5, 0.6) is 5.75 Å². The van der Waals surface area contributed by atoms with Crippen LogP contribution in [0, 0.1) is 5.92 Å². The first-order chi connectivity index (χ1) is 12.2. The smallest absolute Gasteiger partial charge is 0.228 e. The van der Waals surface area contributed by atoms with Crippen LogP contribution in [0.1, 0.15) is 38.2 Å². The predicted octanol–water partition coefficient (Wildman–Crippen LogP) is 3.02. The number of carbonyl (C=O) groups excluding carboxylic acids is 1. The highest BCUT2D eigenvalue weighted by atomic mass is 16.5. The summed E-state index contributed by atoms with van der Waals surface area (Å²) in [5, 5.41) is 0. The minimum Gasteiger partial charge on any atom is -0.496 e. The lowest BCUT2D eigenvalue weighted by Crippen LogP contribution is -2.47. The summed E-state index contributed by atoms with van der Waals surface area (Å²) in [6, 6.07) is 7.94. The molecule has 0 unspecified atom stereocenters. The Morgan fingerprint density at radius 2 is 2.00 bits per heavy atom. The number of carbonyl (C=O) groups is 1. The van der Waals surface area contributed by atoms with Crippen molar-refractivity contribution in [1.29, 1.82) is 0 Å². The first kappa shape index (κ1) is 18.2. The number of nitrogens with zero attached hydrogens (tertiary/aromatic N) is 1. The molecule has 0 aromatic heterocycles. The van der Waals surface area contributed by atoms with Gasteiger partial charge in [-0.25, -0.2) is 0 Å². The Kier molecular flexibility index (Phi) is 6.32. The van der Waals surface area contributed by atoms with E-state index in [1.54, 1.807) is 7.11 Å². The van der Waals surface area contributed by atoms with E-state index in [9.17, 15) is 4.79 Å². The molecule has 1 aromatic carbocycles. The van der Waals surface area contributed by atoms with Crippen molar-refractivity contribution in [1.82, 2.24) is 4.90 Å². The number of hydrogen-bond acceptors (Lipinski definition) is 4. The molecule has 5 heteroatoms. The zero-order chi connectivity index (χ0) is 17.6. The molecule has 2 atom stereocenters. The van der Waals surface area contributed by atoms with Crippen molar-refractivity contribution < 1.29 is 19.0 Å². The molecule has 0 spiro atoms. The second-order valence-corrected chi connectivity index (χ2v) is 6.97. The van der Waals surface area contributed by atoms with Gasteiger partial charge in [-0.2, -0.15) is 0 Å². The van der Waals surface area contributed by atoms with Crippen LogP contribution >= 0.6 is 0 Å². The average Bonchev–Trinajstić information content (AvgIpc) is 2.67. The second-order valence-electron chi connectivity index (χ2n) is 6.97. The Morgan fingerprint density at radius 3 is 2.72 bits per heavy atom. The van der Waals surface area contributed by atoms with Gasteiger partial charge in [0.2, 0.25) is 5.91 Å². The number of hydrogen-bond donors (Lipinski definition) is 0. The van der Waals surface area contributed by atoms with Crippen LogP contribution < -0.4 is 4.74 Å². The highest BCUT2D eigenvalue weighted by molar-refractivity contribution is 5.79. The van der Waals surface area contributed by atoms with Crippen LogP contribution in [0.15, 0.2) is 24.3 Å². The van der Waals surface area contributed by atoms with Crippen LogP contribution in [0.2, 0.25) is 0 Å². The molecule has 0 bridgehead atoms. The standard InChI is InChI=1S/C20H29NO4/c1-15-18(7-5-13-24-15)20(22)21-11-9-17(10-12-21)25-14-16-6-3-4-8-19(16)23-2/h3-4,6,8,15,17-18H,5,7,9-14H2,1-2H3/t15-,18-/m1/s1.